The van der Waals surface area contributed by atoms with Crippen LogP contribution in [-0.4, -0.2) is 42.6 Å². The molecule has 0 N–H and O–H groups in total. The van der Waals surface area contributed by atoms with Crippen molar-refractivity contribution in [1.82, 2.24) is 0 Å². The van der Waals surface area contributed by atoms with E-state index in [4.69, 9.17) is 9.47 Å². The van der Waals surface area contributed by atoms with Crippen LogP contribution in [0.25, 0.3) is 0 Å². The van der Waals surface area contributed by atoms with Gasteiger partial charge in [-0.15, -0.1) is 0 Å². The van der Waals surface area contributed by atoms with Crippen LogP contribution >= 0.6 is 0 Å². The summed E-state index contributed by atoms with van der Waals surface area (Å²) < 4.78 is 11.5. The van der Waals surface area contributed by atoms with Crippen LogP contribution in [0.2, 0.25) is 0 Å². The van der Waals surface area contributed by atoms with E-state index in [1.165, 1.54) is 19.3 Å². The van der Waals surface area contributed by atoms with Gasteiger partial charge in [-0.1, -0.05) is 39.5 Å². The van der Waals surface area contributed by atoms with Crippen LogP contribution in [-0.2, 0) is 9.47 Å². The minimum atomic E-state index is 0. The summed E-state index contributed by atoms with van der Waals surface area (Å²) in [5.41, 5.74) is 0. The van der Waals surface area contributed by atoms with E-state index in [-0.39, 0.29) is 41.7 Å². The average Bonchev–Trinajstić information content (AvgIpc) is 2.29. The molecule has 0 aromatic carbocycles. The van der Waals surface area contributed by atoms with E-state index in [1.54, 1.807) is 0 Å². The van der Waals surface area contributed by atoms with Crippen LogP contribution in [0.15, 0.2) is 0 Å². The van der Waals surface area contributed by atoms with Crippen molar-refractivity contribution in [2.75, 3.05) is 13.2 Å². The third kappa shape index (κ3) is 17.0. The van der Waals surface area contributed by atoms with Gasteiger partial charge in [-0.2, -0.15) is 6.42 Å². The summed E-state index contributed by atoms with van der Waals surface area (Å²) in [6, 6.07) is 0. The van der Waals surface area contributed by atoms with Gasteiger partial charge >= 0.3 is 23.1 Å². The quantitative estimate of drug-likeness (QED) is 0.231. The molecular weight excluding hydrogens is 260 g/mol. The van der Waals surface area contributed by atoms with Crippen molar-refractivity contribution >= 4 is 23.1 Å². The van der Waals surface area contributed by atoms with E-state index in [9.17, 15) is 0 Å². The van der Waals surface area contributed by atoms with Crippen molar-refractivity contribution < 1.29 is 21.9 Å². The molecule has 0 amide bonds. The summed E-state index contributed by atoms with van der Waals surface area (Å²) in [7, 11) is 0. The maximum absolute atomic E-state index is 5.73. The maximum atomic E-state index is 5.73. The van der Waals surface area contributed by atoms with Gasteiger partial charge in [0.1, 0.15) is 0 Å². The fraction of sp³-hybridized carbons (Fsp3) is 0.929. The summed E-state index contributed by atoms with van der Waals surface area (Å²) in [6.07, 6.45) is 8.99. The Bertz CT molecular complexity index is 113. The Morgan fingerprint density at radius 3 is 1.78 bits per heavy atom. The molecule has 0 aliphatic rings. The van der Waals surface area contributed by atoms with E-state index < -0.39 is 0 Å². The number of unbranched alkanes of at least 4 members (excludes halogenated alkanes) is 4. The van der Waals surface area contributed by atoms with Crippen molar-refractivity contribution in [1.29, 1.82) is 0 Å². The summed E-state index contributed by atoms with van der Waals surface area (Å²) in [6.45, 7) is 9.87. The second kappa shape index (κ2) is 20.3. The van der Waals surface area contributed by atoms with Crippen LogP contribution in [0.3, 0.4) is 0 Å². The molecule has 106 valence electrons. The van der Waals surface area contributed by atoms with Gasteiger partial charge in [0.2, 0.25) is 0 Å². The average molecular weight is 289 g/mol. The topological polar surface area (TPSA) is 18.5 Å². The van der Waals surface area contributed by atoms with Gasteiger partial charge in [0.25, 0.3) is 0 Å². The van der Waals surface area contributed by atoms with Gasteiger partial charge < -0.3 is 28.8 Å². The number of hydrogen-bond acceptors (Lipinski definition) is 2. The number of rotatable bonds is 12. The largest absolute Gasteiger partial charge is 2.00 e. The molecule has 0 atom stereocenters. The van der Waals surface area contributed by atoms with E-state index in [0.29, 0.717) is 0 Å². The first kappa shape index (κ1) is 24.0. The molecule has 0 spiro atoms. The fourth-order valence-electron chi connectivity index (χ4n) is 1.42. The zero-order chi connectivity index (χ0) is 12.1. The van der Waals surface area contributed by atoms with Crippen LogP contribution in [0.4, 0.5) is 0 Å². The van der Waals surface area contributed by atoms with Crippen molar-refractivity contribution in [3.8, 4) is 0 Å². The molecular formula is C14H29ClMgO2. The Morgan fingerprint density at radius 2 is 1.39 bits per heavy atom. The molecule has 0 aromatic rings. The smallest absolute Gasteiger partial charge is 1.00 e. The normalized spacial score (nSPS) is 10.0. The van der Waals surface area contributed by atoms with Gasteiger partial charge in [0.05, 0.1) is 0 Å². The summed E-state index contributed by atoms with van der Waals surface area (Å²) in [5.74, 6) is 0. The molecule has 0 aliphatic carbocycles. The molecule has 2 nitrogen and oxygen atoms in total. The number of hydrogen-bond donors (Lipinski definition) is 0. The van der Waals surface area contributed by atoms with Gasteiger partial charge in [-0.25, -0.2) is 0 Å². The molecule has 0 bridgehead atoms. The molecule has 0 saturated heterocycles. The Morgan fingerprint density at radius 1 is 0.889 bits per heavy atom. The van der Waals surface area contributed by atoms with Gasteiger partial charge in [0.15, 0.2) is 6.29 Å². The monoisotopic (exact) mass is 288 g/mol. The molecule has 0 aliphatic heterocycles. The zero-order valence-corrected chi connectivity index (χ0v) is 14.4. The third-order valence-corrected chi connectivity index (χ3v) is 2.54. The predicted octanol–water partition coefficient (Wildman–Crippen LogP) is 0.964. The van der Waals surface area contributed by atoms with Crippen molar-refractivity contribution in [2.24, 2.45) is 0 Å². The molecule has 0 heterocycles. The Balaban J connectivity index is -0.00000112. The van der Waals surface area contributed by atoms with Crippen molar-refractivity contribution in [3.63, 3.8) is 0 Å². The predicted molar refractivity (Wildman–Crippen MR) is 75.1 cm³/mol. The standard InChI is InChI=1S/C14H29O2.ClH.Mg/c1-4-7-10-11-14(15-12-8-5-2)16-13-9-6-3;;/h14H,1,4-13H2,2-3H3;1H;/q-1;;+2/p-1. The molecule has 0 radical (unpaired) electrons. The molecule has 0 rings (SSSR count). The van der Waals surface area contributed by atoms with Crippen molar-refractivity contribution in [2.45, 2.75) is 71.5 Å². The molecule has 0 saturated carbocycles. The van der Waals surface area contributed by atoms with Crippen LogP contribution in [0, 0.1) is 6.92 Å². The second-order valence-corrected chi connectivity index (χ2v) is 4.23. The third-order valence-electron chi connectivity index (χ3n) is 2.54. The van der Waals surface area contributed by atoms with E-state index in [1.807, 2.05) is 0 Å². The van der Waals surface area contributed by atoms with Gasteiger partial charge in [-0.05, 0) is 19.3 Å². The Kier molecular flexibility index (Phi) is 27.1. The van der Waals surface area contributed by atoms with Gasteiger partial charge in [0, 0.05) is 13.2 Å². The van der Waals surface area contributed by atoms with Crippen LogP contribution in [0.1, 0.15) is 65.2 Å². The fourth-order valence-corrected chi connectivity index (χ4v) is 1.42. The van der Waals surface area contributed by atoms with E-state index in [0.717, 1.165) is 45.3 Å². The minimum Gasteiger partial charge on any atom is -1.00 e. The number of ether oxygens (including phenoxy) is 2. The van der Waals surface area contributed by atoms with Crippen LogP contribution < -0.4 is 12.4 Å². The van der Waals surface area contributed by atoms with Crippen LogP contribution in [0.5, 0.6) is 0 Å². The molecule has 0 unspecified atom stereocenters. The molecule has 4 heteroatoms. The molecule has 0 aromatic heterocycles. The summed E-state index contributed by atoms with van der Waals surface area (Å²) in [4.78, 5) is 0. The number of halogens is 1. The zero-order valence-electron chi connectivity index (χ0n) is 12.3. The molecule has 18 heavy (non-hydrogen) atoms. The second-order valence-electron chi connectivity index (χ2n) is 4.23. The summed E-state index contributed by atoms with van der Waals surface area (Å²) in [5, 5.41) is 0. The summed E-state index contributed by atoms with van der Waals surface area (Å²) >= 11 is 0. The first-order valence-corrected chi connectivity index (χ1v) is 6.87. The first-order chi connectivity index (χ1) is 7.85. The minimum absolute atomic E-state index is 0. The van der Waals surface area contributed by atoms with Crippen molar-refractivity contribution in [3.05, 3.63) is 6.92 Å². The Hall–Kier alpha value is 0.976. The van der Waals surface area contributed by atoms with Gasteiger partial charge in [-0.3, -0.25) is 0 Å². The molecule has 0 fully saturated rings. The SMILES string of the molecule is [CH2-]CCCCC(OCCCC)OCCCC.[Cl-].[Mg+2]. The van der Waals surface area contributed by atoms with E-state index >= 15 is 0 Å². The van der Waals surface area contributed by atoms with E-state index in [2.05, 4.69) is 20.8 Å². The first-order valence-electron chi connectivity index (χ1n) is 6.87. The Labute approximate surface area is 136 Å². The maximum Gasteiger partial charge on any atom is 2.00 e.